The molecule has 1 aromatic rings. The van der Waals surface area contributed by atoms with E-state index in [1.807, 2.05) is 6.07 Å². The van der Waals surface area contributed by atoms with Crippen molar-refractivity contribution in [1.82, 2.24) is 5.32 Å². The fourth-order valence-corrected chi connectivity index (χ4v) is 4.03. The SMILES string of the molecule is N#CC1(CCCNC2(CO)CCc3ccccc32)CCOCC1. The fraction of sp³-hybridized carbons (Fsp3) is 0.632. The molecule has 0 radical (unpaired) electrons. The topological polar surface area (TPSA) is 65.3 Å². The summed E-state index contributed by atoms with van der Waals surface area (Å²) in [5.74, 6) is 0. The molecule has 0 spiro atoms. The molecule has 1 atom stereocenters. The molecule has 2 aliphatic rings. The van der Waals surface area contributed by atoms with Gasteiger partial charge in [0.05, 0.1) is 23.6 Å². The third kappa shape index (κ3) is 3.28. The van der Waals surface area contributed by atoms with Gasteiger partial charge in [0.25, 0.3) is 0 Å². The number of hydrogen-bond acceptors (Lipinski definition) is 4. The van der Waals surface area contributed by atoms with Crippen molar-refractivity contribution < 1.29 is 9.84 Å². The third-order valence-corrected chi connectivity index (χ3v) is 5.61. The second-order valence-electron chi connectivity index (χ2n) is 6.93. The summed E-state index contributed by atoms with van der Waals surface area (Å²) in [4.78, 5) is 0. The Labute approximate surface area is 138 Å². The third-order valence-electron chi connectivity index (χ3n) is 5.61. The van der Waals surface area contributed by atoms with Crippen LogP contribution in [0, 0.1) is 16.7 Å². The minimum absolute atomic E-state index is 0.126. The summed E-state index contributed by atoms with van der Waals surface area (Å²) in [5, 5.41) is 23.1. The molecule has 4 heteroatoms. The normalized spacial score (nSPS) is 25.7. The molecule has 1 aliphatic heterocycles. The highest BCUT2D eigenvalue weighted by atomic mass is 16.5. The molecule has 1 aromatic carbocycles. The molecule has 0 aromatic heterocycles. The molecule has 3 rings (SSSR count). The molecule has 4 nitrogen and oxygen atoms in total. The molecule has 0 saturated carbocycles. The fourth-order valence-electron chi connectivity index (χ4n) is 4.03. The van der Waals surface area contributed by atoms with Crippen LogP contribution in [0.3, 0.4) is 0 Å². The number of benzene rings is 1. The average Bonchev–Trinajstić information content (AvgIpc) is 2.99. The van der Waals surface area contributed by atoms with Crippen LogP contribution in [0.4, 0.5) is 0 Å². The van der Waals surface area contributed by atoms with Gasteiger partial charge in [0.1, 0.15) is 0 Å². The van der Waals surface area contributed by atoms with E-state index in [1.165, 1.54) is 11.1 Å². The van der Waals surface area contributed by atoms with Crippen molar-refractivity contribution in [3.63, 3.8) is 0 Å². The van der Waals surface area contributed by atoms with Gasteiger partial charge in [0.15, 0.2) is 0 Å². The van der Waals surface area contributed by atoms with Crippen molar-refractivity contribution in [1.29, 1.82) is 5.26 Å². The van der Waals surface area contributed by atoms with Crippen LogP contribution >= 0.6 is 0 Å². The van der Waals surface area contributed by atoms with E-state index in [0.717, 1.165) is 45.1 Å². The lowest BCUT2D eigenvalue weighted by atomic mass is 9.78. The zero-order valence-electron chi connectivity index (χ0n) is 13.7. The molecule has 1 heterocycles. The summed E-state index contributed by atoms with van der Waals surface area (Å²) in [6, 6.07) is 10.9. The highest BCUT2D eigenvalue weighted by molar-refractivity contribution is 5.38. The first-order valence-electron chi connectivity index (χ1n) is 8.67. The van der Waals surface area contributed by atoms with E-state index in [2.05, 4.69) is 29.6 Å². The Kier molecular flexibility index (Phi) is 5.01. The van der Waals surface area contributed by atoms with Gasteiger partial charge in [-0.1, -0.05) is 24.3 Å². The van der Waals surface area contributed by atoms with Crippen LogP contribution in [-0.2, 0) is 16.7 Å². The van der Waals surface area contributed by atoms with Crippen molar-refractivity contribution >= 4 is 0 Å². The smallest absolute Gasteiger partial charge is 0.0691 e. The van der Waals surface area contributed by atoms with Crippen molar-refractivity contribution in [2.45, 2.75) is 44.1 Å². The Hall–Kier alpha value is -1.41. The van der Waals surface area contributed by atoms with Crippen LogP contribution < -0.4 is 5.32 Å². The van der Waals surface area contributed by atoms with Crippen LogP contribution in [0.5, 0.6) is 0 Å². The Morgan fingerprint density at radius 1 is 1.22 bits per heavy atom. The Morgan fingerprint density at radius 2 is 2.00 bits per heavy atom. The summed E-state index contributed by atoms with van der Waals surface area (Å²) in [5.41, 5.74) is 2.07. The van der Waals surface area contributed by atoms with Crippen LogP contribution in [0.15, 0.2) is 24.3 Å². The van der Waals surface area contributed by atoms with Crippen LogP contribution in [0.1, 0.15) is 43.2 Å². The summed E-state index contributed by atoms with van der Waals surface area (Å²) >= 11 is 0. The Balaban J connectivity index is 1.57. The van der Waals surface area contributed by atoms with Gasteiger partial charge in [0.2, 0.25) is 0 Å². The van der Waals surface area contributed by atoms with Gasteiger partial charge in [0, 0.05) is 13.2 Å². The van der Waals surface area contributed by atoms with E-state index in [4.69, 9.17) is 4.74 Å². The maximum atomic E-state index is 9.98. The summed E-state index contributed by atoms with van der Waals surface area (Å²) in [6.45, 7) is 2.37. The van der Waals surface area contributed by atoms with Gasteiger partial charge in [-0.2, -0.15) is 5.26 Å². The van der Waals surface area contributed by atoms with Gasteiger partial charge in [-0.25, -0.2) is 0 Å². The monoisotopic (exact) mass is 314 g/mol. The number of aliphatic hydroxyl groups excluding tert-OH is 1. The number of ether oxygens (including phenoxy) is 1. The molecule has 1 aliphatic carbocycles. The van der Waals surface area contributed by atoms with E-state index in [9.17, 15) is 10.4 Å². The molecule has 1 fully saturated rings. The summed E-state index contributed by atoms with van der Waals surface area (Å²) in [6.07, 6.45) is 5.51. The minimum atomic E-state index is -0.300. The van der Waals surface area contributed by atoms with E-state index in [0.29, 0.717) is 13.2 Å². The predicted molar refractivity (Wildman–Crippen MR) is 88.9 cm³/mol. The molecule has 124 valence electrons. The molecule has 0 bridgehead atoms. The van der Waals surface area contributed by atoms with Crippen LogP contribution in [0.25, 0.3) is 0 Å². The first kappa shape index (κ1) is 16.4. The number of rotatable bonds is 6. The molecular formula is C19H26N2O2. The number of aryl methyl sites for hydroxylation is 1. The summed E-state index contributed by atoms with van der Waals surface area (Å²) < 4.78 is 5.39. The molecule has 1 saturated heterocycles. The first-order chi connectivity index (χ1) is 11.2. The first-order valence-corrected chi connectivity index (χ1v) is 8.67. The van der Waals surface area contributed by atoms with Crippen molar-refractivity contribution in [3.05, 3.63) is 35.4 Å². The van der Waals surface area contributed by atoms with Crippen molar-refractivity contribution in [2.24, 2.45) is 5.41 Å². The summed E-state index contributed by atoms with van der Waals surface area (Å²) in [7, 11) is 0. The lowest BCUT2D eigenvalue weighted by molar-refractivity contribution is 0.0357. The van der Waals surface area contributed by atoms with Gasteiger partial charge < -0.3 is 15.2 Å². The standard InChI is InChI=1S/C19H26N2O2/c20-14-18(9-12-23-13-10-18)7-3-11-21-19(15-22)8-6-16-4-1-2-5-17(16)19/h1-2,4-5,21-22H,3,6-13,15H2. The van der Waals surface area contributed by atoms with Crippen molar-refractivity contribution in [3.8, 4) is 6.07 Å². The lowest BCUT2D eigenvalue weighted by Gasteiger charge is -2.33. The largest absolute Gasteiger partial charge is 0.394 e. The van der Waals surface area contributed by atoms with Gasteiger partial charge >= 0.3 is 0 Å². The quantitative estimate of drug-likeness (QED) is 0.792. The molecule has 0 amide bonds. The average molecular weight is 314 g/mol. The highest BCUT2D eigenvalue weighted by Gasteiger charge is 2.38. The second kappa shape index (κ2) is 7.00. The molecular weight excluding hydrogens is 288 g/mol. The number of fused-ring (bicyclic) bond motifs is 1. The Morgan fingerprint density at radius 3 is 2.74 bits per heavy atom. The number of nitrogens with one attached hydrogen (secondary N) is 1. The number of hydrogen-bond donors (Lipinski definition) is 2. The van der Waals surface area contributed by atoms with E-state index < -0.39 is 0 Å². The molecule has 2 N–H and O–H groups in total. The number of nitriles is 1. The van der Waals surface area contributed by atoms with E-state index >= 15 is 0 Å². The highest BCUT2D eigenvalue weighted by Crippen LogP contribution is 2.37. The van der Waals surface area contributed by atoms with Crippen molar-refractivity contribution in [2.75, 3.05) is 26.4 Å². The zero-order valence-corrected chi connectivity index (χ0v) is 13.7. The van der Waals surface area contributed by atoms with E-state index in [1.54, 1.807) is 0 Å². The van der Waals surface area contributed by atoms with Crippen LogP contribution in [-0.4, -0.2) is 31.5 Å². The van der Waals surface area contributed by atoms with Gasteiger partial charge in [-0.15, -0.1) is 0 Å². The predicted octanol–water partition coefficient (Wildman–Crippen LogP) is 2.51. The van der Waals surface area contributed by atoms with Gasteiger partial charge in [-0.05, 0) is 56.2 Å². The maximum Gasteiger partial charge on any atom is 0.0691 e. The maximum absolute atomic E-state index is 9.98. The van der Waals surface area contributed by atoms with Gasteiger partial charge in [-0.3, -0.25) is 0 Å². The lowest BCUT2D eigenvalue weighted by Crippen LogP contribution is -2.44. The van der Waals surface area contributed by atoms with E-state index in [-0.39, 0.29) is 17.6 Å². The van der Waals surface area contributed by atoms with Crippen LogP contribution in [0.2, 0.25) is 0 Å². The zero-order chi connectivity index (χ0) is 16.2. The minimum Gasteiger partial charge on any atom is -0.394 e. The Bertz CT molecular complexity index is 575. The number of aliphatic hydroxyl groups is 1. The molecule has 1 unspecified atom stereocenters. The number of nitrogens with zero attached hydrogens (tertiary/aromatic N) is 1. The molecule has 23 heavy (non-hydrogen) atoms. The second-order valence-corrected chi connectivity index (χ2v) is 6.93.